The molecule has 0 saturated heterocycles. The summed E-state index contributed by atoms with van der Waals surface area (Å²) >= 11 is 0. The van der Waals surface area contributed by atoms with Crippen molar-refractivity contribution in [2.75, 3.05) is 5.32 Å². The first-order chi connectivity index (χ1) is 9.74. The largest absolute Gasteiger partial charge is 0.506 e. The Bertz CT molecular complexity index is 770. The number of fused-ring (bicyclic) bond motifs is 1. The number of rotatable bonds is 2. The van der Waals surface area contributed by atoms with Crippen molar-refractivity contribution in [2.24, 2.45) is 0 Å². The van der Waals surface area contributed by atoms with E-state index in [1.807, 2.05) is 12.1 Å². The minimum absolute atomic E-state index is 0.0476. The quantitative estimate of drug-likeness (QED) is 0.747. The van der Waals surface area contributed by atoms with Crippen molar-refractivity contribution >= 4 is 22.5 Å². The van der Waals surface area contributed by atoms with Gasteiger partial charge in [-0.15, -0.1) is 0 Å². The molecule has 0 bridgehead atoms. The zero-order chi connectivity index (χ0) is 13.9. The first kappa shape index (κ1) is 12.2. The molecule has 3 aromatic rings. The fourth-order valence-electron chi connectivity index (χ4n) is 2.04. The van der Waals surface area contributed by atoms with E-state index >= 15 is 0 Å². The van der Waals surface area contributed by atoms with E-state index in [0.29, 0.717) is 16.8 Å². The topological polar surface area (TPSA) is 62.2 Å². The maximum absolute atomic E-state index is 12.1. The highest BCUT2D eigenvalue weighted by Crippen LogP contribution is 2.27. The van der Waals surface area contributed by atoms with Crippen LogP contribution in [0.25, 0.3) is 10.9 Å². The van der Waals surface area contributed by atoms with E-state index in [9.17, 15) is 9.90 Å². The molecule has 0 aliphatic heterocycles. The van der Waals surface area contributed by atoms with Gasteiger partial charge >= 0.3 is 0 Å². The molecule has 0 unspecified atom stereocenters. The summed E-state index contributed by atoms with van der Waals surface area (Å²) < 4.78 is 0. The van der Waals surface area contributed by atoms with Gasteiger partial charge in [0, 0.05) is 28.9 Å². The lowest BCUT2D eigenvalue weighted by molar-refractivity contribution is 0.102. The number of carbonyl (C=O) groups excluding carboxylic acids is 1. The van der Waals surface area contributed by atoms with Crippen LogP contribution in [0.15, 0.2) is 60.8 Å². The van der Waals surface area contributed by atoms with Crippen LogP contribution in [-0.4, -0.2) is 16.0 Å². The van der Waals surface area contributed by atoms with Crippen molar-refractivity contribution in [3.8, 4) is 5.75 Å². The molecule has 0 aliphatic rings. The summed E-state index contributed by atoms with van der Waals surface area (Å²) in [5.74, 6) is -0.167. The highest BCUT2D eigenvalue weighted by Gasteiger charge is 2.08. The van der Waals surface area contributed by atoms with Crippen molar-refractivity contribution in [3.63, 3.8) is 0 Å². The predicted octanol–water partition coefficient (Wildman–Crippen LogP) is 3.19. The van der Waals surface area contributed by atoms with Gasteiger partial charge in [0.1, 0.15) is 11.3 Å². The number of phenolic OH excluding ortho intramolecular Hbond substituents is 1. The zero-order valence-corrected chi connectivity index (χ0v) is 10.6. The van der Waals surface area contributed by atoms with Crippen LogP contribution in [0.5, 0.6) is 5.75 Å². The highest BCUT2D eigenvalue weighted by atomic mass is 16.3. The van der Waals surface area contributed by atoms with Crippen LogP contribution in [0, 0.1) is 0 Å². The number of aromatic nitrogens is 1. The molecule has 0 saturated carbocycles. The van der Waals surface area contributed by atoms with Crippen molar-refractivity contribution in [2.45, 2.75) is 0 Å². The van der Waals surface area contributed by atoms with Crippen LogP contribution in [0.2, 0.25) is 0 Å². The number of benzene rings is 2. The van der Waals surface area contributed by atoms with E-state index < -0.39 is 0 Å². The number of phenols is 1. The Morgan fingerprint density at radius 2 is 1.85 bits per heavy atom. The van der Waals surface area contributed by atoms with Crippen LogP contribution in [-0.2, 0) is 0 Å². The second kappa shape index (κ2) is 5.01. The number of nitrogens with one attached hydrogen (secondary N) is 1. The van der Waals surface area contributed by atoms with Crippen LogP contribution >= 0.6 is 0 Å². The van der Waals surface area contributed by atoms with E-state index in [1.165, 1.54) is 6.07 Å². The Labute approximate surface area is 115 Å². The summed E-state index contributed by atoms with van der Waals surface area (Å²) in [5.41, 5.74) is 1.63. The van der Waals surface area contributed by atoms with Crippen molar-refractivity contribution < 1.29 is 9.90 Å². The minimum Gasteiger partial charge on any atom is -0.506 e. The van der Waals surface area contributed by atoms with E-state index in [-0.39, 0.29) is 11.7 Å². The number of aromatic hydroxyl groups is 1. The fourth-order valence-corrected chi connectivity index (χ4v) is 2.04. The van der Waals surface area contributed by atoms with Crippen molar-refractivity contribution in [3.05, 3.63) is 66.4 Å². The summed E-state index contributed by atoms with van der Waals surface area (Å²) in [6, 6.07) is 15.8. The maximum Gasteiger partial charge on any atom is 0.255 e. The van der Waals surface area contributed by atoms with Crippen molar-refractivity contribution in [1.82, 2.24) is 4.98 Å². The summed E-state index contributed by atoms with van der Waals surface area (Å²) in [5, 5.41) is 13.5. The molecule has 4 heteroatoms. The third-order valence-corrected chi connectivity index (χ3v) is 2.98. The minimum atomic E-state index is -0.215. The van der Waals surface area contributed by atoms with Gasteiger partial charge in [-0.25, -0.2) is 0 Å². The molecule has 0 radical (unpaired) electrons. The summed E-state index contributed by atoms with van der Waals surface area (Å²) in [4.78, 5) is 16.1. The van der Waals surface area contributed by atoms with Gasteiger partial charge in [-0.3, -0.25) is 9.78 Å². The molecular weight excluding hydrogens is 252 g/mol. The number of pyridine rings is 1. The number of anilines is 1. The van der Waals surface area contributed by atoms with Gasteiger partial charge in [0.25, 0.3) is 5.91 Å². The highest BCUT2D eigenvalue weighted by molar-refractivity contribution is 6.05. The lowest BCUT2D eigenvalue weighted by Gasteiger charge is -2.07. The Kier molecular flexibility index (Phi) is 3.05. The molecular formula is C16H12N2O2. The number of amides is 1. The first-order valence-corrected chi connectivity index (χ1v) is 6.18. The number of hydrogen-bond donors (Lipinski definition) is 2. The third-order valence-electron chi connectivity index (χ3n) is 2.98. The van der Waals surface area contributed by atoms with Crippen LogP contribution in [0.4, 0.5) is 5.69 Å². The summed E-state index contributed by atoms with van der Waals surface area (Å²) in [6.07, 6.45) is 1.62. The molecule has 2 aromatic carbocycles. The number of carbonyl (C=O) groups is 1. The molecule has 0 fully saturated rings. The molecule has 1 heterocycles. The van der Waals surface area contributed by atoms with Gasteiger partial charge < -0.3 is 10.4 Å². The number of hydrogen-bond acceptors (Lipinski definition) is 3. The number of nitrogens with zero attached hydrogens (tertiary/aromatic N) is 1. The predicted molar refractivity (Wildman–Crippen MR) is 77.8 cm³/mol. The lowest BCUT2D eigenvalue weighted by Crippen LogP contribution is -2.11. The van der Waals surface area contributed by atoms with Crippen LogP contribution < -0.4 is 5.32 Å². The molecule has 4 nitrogen and oxygen atoms in total. The average molecular weight is 264 g/mol. The van der Waals surface area contributed by atoms with Crippen molar-refractivity contribution in [1.29, 1.82) is 0 Å². The second-order valence-corrected chi connectivity index (χ2v) is 4.39. The standard InChI is InChI=1S/C16H12N2O2/c19-14-10-13(9-12-7-4-8-17-15(12)14)18-16(20)11-5-2-1-3-6-11/h1-10,19H,(H,18,20). The Morgan fingerprint density at radius 3 is 2.65 bits per heavy atom. The van der Waals surface area contributed by atoms with E-state index in [1.54, 1.807) is 42.6 Å². The van der Waals surface area contributed by atoms with Gasteiger partial charge in [-0.2, -0.15) is 0 Å². The maximum atomic E-state index is 12.1. The smallest absolute Gasteiger partial charge is 0.255 e. The van der Waals surface area contributed by atoms with E-state index in [0.717, 1.165) is 5.39 Å². The molecule has 0 aliphatic carbocycles. The monoisotopic (exact) mass is 264 g/mol. The van der Waals surface area contributed by atoms with E-state index in [4.69, 9.17) is 0 Å². The molecule has 2 N–H and O–H groups in total. The molecule has 20 heavy (non-hydrogen) atoms. The first-order valence-electron chi connectivity index (χ1n) is 6.18. The third kappa shape index (κ3) is 2.31. The molecule has 3 rings (SSSR count). The summed E-state index contributed by atoms with van der Waals surface area (Å²) in [6.45, 7) is 0. The molecule has 0 atom stereocenters. The Balaban J connectivity index is 1.94. The molecule has 1 aromatic heterocycles. The molecule has 98 valence electrons. The molecule has 0 spiro atoms. The normalized spacial score (nSPS) is 10.4. The van der Waals surface area contributed by atoms with Gasteiger partial charge in [-0.05, 0) is 24.3 Å². The van der Waals surface area contributed by atoms with E-state index in [2.05, 4.69) is 10.3 Å². The molecule has 1 amide bonds. The van der Waals surface area contributed by atoms with Gasteiger partial charge in [0.2, 0.25) is 0 Å². The van der Waals surface area contributed by atoms with Crippen LogP contribution in [0.1, 0.15) is 10.4 Å². The Hall–Kier alpha value is -2.88. The Morgan fingerprint density at radius 1 is 1.05 bits per heavy atom. The average Bonchev–Trinajstić information content (AvgIpc) is 2.48. The van der Waals surface area contributed by atoms with Crippen LogP contribution in [0.3, 0.4) is 0 Å². The SMILES string of the molecule is O=C(Nc1cc(O)c2ncccc2c1)c1ccccc1. The fraction of sp³-hybridized carbons (Fsp3) is 0. The van der Waals surface area contributed by atoms with Gasteiger partial charge in [-0.1, -0.05) is 24.3 Å². The van der Waals surface area contributed by atoms with Gasteiger partial charge in [0.15, 0.2) is 0 Å². The summed E-state index contributed by atoms with van der Waals surface area (Å²) in [7, 11) is 0. The zero-order valence-electron chi connectivity index (χ0n) is 10.6. The lowest BCUT2D eigenvalue weighted by atomic mass is 10.1. The van der Waals surface area contributed by atoms with Gasteiger partial charge in [0.05, 0.1) is 0 Å². The second-order valence-electron chi connectivity index (χ2n) is 4.39.